The lowest BCUT2D eigenvalue weighted by Crippen LogP contribution is -2.54. The molecule has 0 fully saturated rings. The largest absolute Gasteiger partial charge is 0.458 e. The van der Waals surface area contributed by atoms with E-state index in [1.54, 1.807) is 65.0 Å². The van der Waals surface area contributed by atoms with Gasteiger partial charge in [0.25, 0.3) is 10.0 Å². The van der Waals surface area contributed by atoms with Crippen molar-refractivity contribution in [3.8, 4) is 0 Å². The number of para-hydroxylation sites is 2. The van der Waals surface area contributed by atoms with Crippen LogP contribution in [0.1, 0.15) is 58.1 Å². The molecule has 0 radical (unpaired) electrons. The maximum Gasteiger partial charge on any atom is 0.329 e. The van der Waals surface area contributed by atoms with Crippen molar-refractivity contribution in [2.24, 2.45) is 0 Å². The highest BCUT2D eigenvalue weighted by atomic mass is 35.5. The molecule has 2 amide bonds. The summed E-state index contributed by atoms with van der Waals surface area (Å²) in [7, 11) is -4.31. The third-order valence-electron chi connectivity index (χ3n) is 5.96. The van der Waals surface area contributed by atoms with Crippen molar-refractivity contribution in [1.29, 1.82) is 0 Å². The average molecular weight is 564 g/mol. The summed E-state index contributed by atoms with van der Waals surface area (Å²) in [5.41, 5.74) is 0.743. The summed E-state index contributed by atoms with van der Waals surface area (Å²) in [4.78, 5) is 39.0. The Kier molecular flexibility index (Phi) is 8.78. The van der Waals surface area contributed by atoms with E-state index in [1.807, 2.05) is 6.92 Å². The quantitative estimate of drug-likeness (QED) is 0.456. The zero-order valence-electron chi connectivity index (χ0n) is 22.4. The molecule has 1 aliphatic heterocycles. The number of benzene rings is 2. The van der Waals surface area contributed by atoms with Crippen molar-refractivity contribution in [1.82, 2.24) is 5.32 Å². The average Bonchev–Trinajstić information content (AvgIpc) is 2.80. The summed E-state index contributed by atoms with van der Waals surface area (Å²) in [6, 6.07) is 7.15. The number of rotatable bonds is 8. The van der Waals surface area contributed by atoms with Crippen molar-refractivity contribution in [2.45, 2.75) is 83.4 Å². The number of aryl methyl sites for hydroxylation is 2. The van der Waals surface area contributed by atoms with Gasteiger partial charge in [0.05, 0.1) is 22.7 Å². The highest BCUT2D eigenvalue weighted by Crippen LogP contribution is 2.38. The maximum absolute atomic E-state index is 14.1. The molecule has 3 rings (SSSR count). The topological polar surface area (TPSA) is 122 Å². The molecule has 1 aliphatic rings. The van der Waals surface area contributed by atoms with Gasteiger partial charge in [-0.05, 0) is 76.4 Å². The number of halogens is 1. The summed E-state index contributed by atoms with van der Waals surface area (Å²) in [6.45, 7) is 10.3. The van der Waals surface area contributed by atoms with Crippen LogP contribution in [0.3, 0.4) is 0 Å². The molecule has 11 heteroatoms. The molecule has 2 atom stereocenters. The second-order valence-corrected chi connectivity index (χ2v) is 12.5. The predicted octanol–water partition coefficient (Wildman–Crippen LogP) is 4.49. The Bertz CT molecular complexity index is 1350. The van der Waals surface area contributed by atoms with Gasteiger partial charge >= 0.3 is 5.97 Å². The molecular formula is C27H34ClN3O6S. The van der Waals surface area contributed by atoms with E-state index < -0.39 is 51.9 Å². The van der Waals surface area contributed by atoms with Crippen LogP contribution in [0.2, 0.25) is 5.02 Å². The molecule has 2 aromatic rings. The number of sulfonamides is 1. The lowest BCUT2D eigenvalue weighted by Gasteiger charge is -2.37. The van der Waals surface area contributed by atoms with Gasteiger partial charge < -0.3 is 15.4 Å². The fourth-order valence-electron chi connectivity index (χ4n) is 4.21. The van der Waals surface area contributed by atoms with E-state index in [0.29, 0.717) is 34.7 Å². The number of carbonyl (C=O) groups excluding carboxylic acids is 3. The monoisotopic (exact) mass is 563 g/mol. The van der Waals surface area contributed by atoms with Crippen LogP contribution in [0.15, 0.2) is 41.3 Å². The van der Waals surface area contributed by atoms with E-state index in [9.17, 15) is 22.8 Å². The molecule has 206 valence electrons. The third kappa shape index (κ3) is 6.47. The van der Waals surface area contributed by atoms with Gasteiger partial charge in [0, 0.05) is 5.02 Å². The highest BCUT2D eigenvalue weighted by molar-refractivity contribution is 7.93. The molecule has 38 heavy (non-hydrogen) atoms. The molecule has 0 saturated heterocycles. The van der Waals surface area contributed by atoms with E-state index in [2.05, 4.69) is 10.6 Å². The number of hydrogen-bond acceptors (Lipinski definition) is 6. The van der Waals surface area contributed by atoms with E-state index in [0.717, 1.165) is 4.31 Å². The van der Waals surface area contributed by atoms with Crippen LogP contribution in [0, 0.1) is 13.8 Å². The highest BCUT2D eigenvalue weighted by Gasteiger charge is 2.43. The first-order valence-corrected chi connectivity index (χ1v) is 14.2. The molecule has 0 aromatic heterocycles. The molecule has 2 aromatic carbocycles. The summed E-state index contributed by atoms with van der Waals surface area (Å²) < 4.78 is 34.5. The minimum atomic E-state index is -4.31. The number of anilines is 2. The fraction of sp³-hybridized carbons (Fsp3) is 0.444. The first-order valence-electron chi connectivity index (χ1n) is 12.4. The molecular weight excluding hydrogens is 530 g/mol. The van der Waals surface area contributed by atoms with E-state index in [-0.39, 0.29) is 10.6 Å². The lowest BCUT2D eigenvalue weighted by atomic mass is 10.1. The summed E-state index contributed by atoms with van der Waals surface area (Å²) in [5, 5.41) is 5.75. The number of fused-ring (bicyclic) bond motifs is 1. The van der Waals surface area contributed by atoms with E-state index in [4.69, 9.17) is 16.3 Å². The first kappa shape index (κ1) is 29.4. The van der Waals surface area contributed by atoms with Crippen molar-refractivity contribution < 1.29 is 27.5 Å². The second kappa shape index (κ2) is 11.3. The fourth-order valence-corrected chi connectivity index (χ4v) is 6.36. The minimum absolute atomic E-state index is 0.0214. The summed E-state index contributed by atoms with van der Waals surface area (Å²) in [5.74, 6) is -1.91. The summed E-state index contributed by atoms with van der Waals surface area (Å²) >= 11 is 6.20. The van der Waals surface area contributed by atoms with Crippen LogP contribution in [0.5, 0.6) is 0 Å². The first-order chi connectivity index (χ1) is 17.7. The Balaban J connectivity index is 2.00. The van der Waals surface area contributed by atoms with Gasteiger partial charge in [-0.25, -0.2) is 13.2 Å². The molecule has 0 saturated carbocycles. The zero-order chi connectivity index (χ0) is 28.4. The van der Waals surface area contributed by atoms with Gasteiger partial charge in [0.1, 0.15) is 17.7 Å². The van der Waals surface area contributed by atoms with Crippen LogP contribution in [-0.4, -0.2) is 43.9 Å². The number of carbonyl (C=O) groups is 3. The Morgan fingerprint density at radius 1 is 1.16 bits per heavy atom. The number of ether oxygens (including phenoxy) is 1. The predicted molar refractivity (Wildman–Crippen MR) is 147 cm³/mol. The third-order valence-corrected chi connectivity index (χ3v) is 8.33. The van der Waals surface area contributed by atoms with Crippen molar-refractivity contribution >= 4 is 50.8 Å². The van der Waals surface area contributed by atoms with E-state index >= 15 is 0 Å². The lowest BCUT2D eigenvalue weighted by molar-refractivity contribution is -0.158. The number of hydrogen-bond donors (Lipinski definition) is 2. The van der Waals surface area contributed by atoms with Gasteiger partial charge in [-0.2, -0.15) is 0 Å². The zero-order valence-corrected chi connectivity index (χ0v) is 24.0. The minimum Gasteiger partial charge on any atom is -0.458 e. The van der Waals surface area contributed by atoms with E-state index in [1.165, 1.54) is 6.07 Å². The van der Waals surface area contributed by atoms with Crippen molar-refractivity contribution in [3.05, 3.63) is 52.5 Å². The Morgan fingerprint density at radius 2 is 1.82 bits per heavy atom. The van der Waals surface area contributed by atoms with Gasteiger partial charge in [-0.1, -0.05) is 37.1 Å². The normalized spacial score (nSPS) is 16.3. The standard InChI is InChI=1S/C27H34ClN3O6S/c1-7-10-20(26(34)37-27(4,5)6)29-24(32)15-22-25(33)30-19-11-8-9-12-21(19)31(22)38(35,36)23-14-16(2)18(28)13-17(23)3/h8-9,11-14,20,22H,7,10,15H2,1-6H3,(H,29,32)(H,30,33)/t20-,22-/m1/s1. The Labute approximate surface area is 228 Å². The molecule has 0 bridgehead atoms. The van der Waals surface area contributed by atoms with Crippen LogP contribution >= 0.6 is 11.6 Å². The van der Waals surface area contributed by atoms with Crippen LogP contribution in [0.25, 0.3) is 0 Å². The van der Waals surface area contributed by atoms with Gasteiger partial charge in [-0.15, -0.1) is 0 Å². The SMILES string of the molecule is CCC[C@@H](NC(=O)C[C@@H]1C(=O)Nc2ccccc2N1S(=O)(=O)c1cc(C)c(Cl)cc1C)C(=O)OC(C)(C)C. The smallest absolute Gasteiger partial charge is 0.329 e. The van der Waals surface area contributed by atoms with Crippen LogP contribution in [-0.2, 0) is 29.1 Å². The van der Waals surface area contributed by atoms with Crippen LogP contribution < -0.4 is 14.9 Å². The van der Waals surface area contributed by atoms with Gasteiger partial charge in [0.15, 0.2) is 0 Å². The van der Waals surface area contributed by atoms with Crippen molar-refractivity contribution in [3.63, 3.8) is 0 Å². The number of amides is 2. The van der Waals surface area contributed by atoms with Crippen molar-refractivity contribution in [2.75, 3.05) is 9.62 Å². The Hall–Kier alpha value is -3.11. The number of nitrogens with one attached hydrogen (secondary N) is 2. The van der Waals surface area contributed by atoms with Gasteiger partial charge in [0.2, 0.25) is 11.8 Å². The molecule has 0 aliphatic carbocycles. The number of esters is 1. The second-order valence-electron chi connectivity index (χ2n) is 10.3. The number of nitrogens with zero attached hydrogens (tertiary/aromatic N) is 1. The molecule has 1 heterocycles. The van der Waals surface area contributed by atoms with Crippen LogP contribution in [0.4, 0.5) is 11.4 Å². The molecule has 0 spiro atoms. The molecule has 9 nitrogen and oxygen atoms in total. The maximum atomic E-state index is 14.1. The van der Waals surface area contributed by atoms with Gasteiger partial charge in [-0.3, -0.25) is 13.9 Å². The molecule has 0 unspecified atom stereocenters. The Morgan fingerprint density at radius 3 is 2.45 bits per heavy atom. The summed E-state index contributed by atoms with van der Waals surface area (Å²) in [6.07, 6.45) is 0.414. The molecule has 2 N–H and O–H groups in total.